The second kappa shape index (κ2) is 3.57. The maximum atomic E-state index is 2.55. The van der Waals surface area contributed by atoms with E-state index in [2.05, 4.69) is 32.7 Å². The highest BCUT2D eigenvalue weighted by atomic mass is 15.2. The van der Waals surface area contributed by atoms with Crippen molar-refractivity contribution in [1.82, 2.24) is 4.90 Å². The van der Waals surface area contributed by atoms with Crippen molar-refractivity contribution < 1.29 is 0 Å². The summed E-state index contributed by atoms with van der Waals surface area (Å²) in [5, 5.41) is 0. The Bertz CT molecular complexity index is 122. The maximum Gasteiger partial charge on any atom is 0.00981 e. The molecular weight excluding hydrogens is 134 g/mol. The molecule has 1 rings (SSSR count). The third-order valence-electron chi connectivity index (χ3n) is 3.31. The molecule has 0 aromatic carbocycles. The van der Waals surface area contributed by atoms with E-state index in [-0.39, 0.29) is 0 Å². The fourth-order valence-electron chi connectivity index (χ4n) is 2.18. The summed E-state index contributed by atoms with van der Waals surface area (Å²) in [7, 11) is 2.27. The van der Waals surface area contributed by atoms with Gasteiger partial charge in [0.2, 0.25) is 0 Å². The minimum atomic E-state index is 0.798. The van der Waals surface area contributed by atoms with Gasteiger partial charge >= 0.3 is 0 Å². The Morgan fingerprint density at radius 2 is 2.00 bits per heavy atom. The lowest BCUT2D eigenvalue weighted by Crippen LogP contribution is -2.31. The predicted octanol–water partition coefficient (Wildman–Crippen LogP) is 2.52. The summed E-state index contributed by atoms with van der Waals surface area (Å²) in [6.07, 6.45) is 4.12. The first-order valence-corrected chi connectivity index (χ1v) is 4.88. The number of rotatable bonds is 2. The van der Waals surface area contributed by atoms with Crippen molar-refractivity contribution in [3.63, 3.8) is 0 Å². The van der Waals surface area contributed by atoms with Crippen LogP contribution >= 0.6 is 0 Å². The van der Waals surface area contributed by atoms with Crippen LogP contribution in [0.1, 0.15) is 40.0 Å². The molecule has 3 atom stereocenters. The monoisotopic (exact) mass is 155 g/mol. The molecule has 1 aliphatic heterocycles. The second-order valence-corrected chi connectivity index (χ2v) is 4.06. The molecule has 1 fully saturated rings. The second-order valence-electron chi connectivity index (χ2n) is 4.06. The van der Waals surface area contributed by atoms with Crippen LogP contribution in [-0.2, 0) is 0 Å². The van der Waals surface area contributed by atoms with Gasteiger partial charge in [-0.2, -0.15) is 0 Å². The molecule has 66 valence electrons. The molecule has 0 amide bonds. The molecular formula is C10H21N. The Morgan fingerprint density at radius 1 is 1.36 bits per heavy atom. The van der Waals surface area contributed by atoms with Gasteiger partial charge in [0.25, 0.3) is 0 Å². The van der Waals surface area contributed by atoms with E-state index in [0.29, 0.717) is 0 Å². The van der Waals surface area contributed by atoms with Crippen LogP contribution in [0.2, 0.25) is 0 Å². The molecule has 0 aromatic rings. The first-order valence-electron chi connectivity index (χ1n) is 4.88. The van der Waals surface area contributed by atoms with Crippen LogP contribution in [0.5, 0.6) is 0 Å². The summed E-state index contributed by atoms with van der Waals surface area (Å²) in [5.41, 5.74) is 0. The van der Waals surface area contributed by atoms with E-state index < -0.39 is 0 Å². The first kappa shape index (κ1) is 9.05. The van der Waals surface area contributed by atoms with Crippen molar-refractivity contribution in [3.05, 3.63) is 0 Å². The third-order valence-corrected chi connectivity index (χ3v) is 3.31. The van der Waals surface area contributed by atoms with E-state index in [9.17, 15) is 0 Å². The standard InChI is InChI=1S/C10H21N/c1-5-6-10-7-8(2)9(3)11(10)4/h8-10H,5-7H2,1-4H3/t8-,9?,10+/m1/s1. The van der Waals surface area contributed by atoms with E-state index >= 15 is 0 Å². The van der Waals surface area contributed by atoms with Crippen molar-refractivity contribution in [1.29, 1.82) is 0 Å². The highest BCUT2D eigenvalue weighted by molar-refractivity contribution is 4.86. The smallest absolute Gasteiger partial charge is 0.00981 e. The minimum Gasteiger partial charge on any atom is -0.300 e. The zero-order valence-corrected chi connectivity index (χ0v) is 8.30. The largest absolute Gasteiger partial charge is 0.300 e. The fourth-order valence-corrected chi connectivity index (χ4v) is 2.18. The average molecular weight is 155 g/mol. The highest BCUT2D eigenvalue weighted by Gasteiger charge is 2.31. The van der Waals surface area contributed by atoms with Crippen molar-refractivity contribution in [2.45, 2.75) is 52.1 Å². The maximum absolute atomic E-state index is 2.55. The molecule has 0 bridgehead atoms. The van der Waals surface area contributed by atoms with Gasteiger partial charge in [-0.25, -0.2) is 0 Å². The SMILES string of the molecule is CCC[C@H]1C[C@@H](C)C(C)N1C. The molecule has 0 aromatic heterocycles. The van der Waals surface area contributed by atoms with Gasteiger partial charge in [0, 0.05) is 12.1 Å². The Morgan fingerprint density at radius 3 is 2.36 bits per heavy atom. The van der Waals surface area contributed by atoms with E-state index in [1.165, 1.54) is 19.3 Å². The van der Waals surface area contributed by atoms with Crippen molar-refractivity contribution in [2.24, 2.45) is 5.92 Å². The van der Waals surface area contributed by atoms with Crippen molar-refractivity contribution in [3.8, 4) is 0 Å². The Hall–Kier alpha value is -0.0400. The third kappa shape index (κ3) is 1.76. The Balaban J connectivity index is 2.45. The van der Waals surface area contributed by atoms with Crippen LogP contribution in [0.25, 0.3) is 0 Å². The van der Waals surface area contributed by atoms with Gasteiger partial charge in [-0.15, -0.1) is 0 Å². The molecule has 1 aliphatic rings. The number of hydrogen-bond donors (Lipinski definition) is 0. The lowest BCUT2D eigenvalue weighted by molar-refractivity contribution is 0.232. The van der Waals surface area contributed by atoms with Crippen LogP contribution in [0, 0.1) is 5.92 Å². The first-order chi connectivity index (χ1) is 5.16. The summed E-state index contributed by atoms with van der Waals surface area (Å²) in [6.45, 7) is 7.00. The zero-order valence-electron chi connectivity index (χ0n) is 8.30. The number of nitrogens with zero attached hydrogens (tertiary/aromatic N) is 1. The van der Waals surface area contributed by atoms with Crippen molar-refractivity contribution in [2.75, 3.05) is 7.05 Å². The number of hydrogen-bond acceptors (Lipinski definition) is 1. The van der Waals surface area contributed by atoms with Crippen LogP contribution in [-0.4, -0.2) is 24.0 Å². The van der Waals surface area contributed by atoms with Crippen LogP contribution in [0.3, 0.4) is 0 Å². The average Bonchev–Trinajstić information content (AvgIpc) is 2.19. The normalized spacial score (nSPS) is 39.8. The van der Waals surface area contributed by atoms with Gasteiger partial charge in [-0.1, -0.05) is 20.3 Å². The van der Waals surface area contributed by atoms with Crippen LogP contribution in [0.4, 0.5) is 0 Å². The summed E-state index contributed by atoms with van der Waals surface area (Å²) in [6, 6.07) is 1.66. The van der Waals surface area contributed by atoms with E-state index in [4.69, 9.17) is 0 Å². The molecule has 0 aliphatic carbocycles. The molecule has 1 saturated heterocycles. The van der Waals surface area contributed by atoms with E-state index in [0.717, 1.165) is 18.0 Å². The fraction of sp³-hybridized carbons (Fsp3) is 1.00. The van der Waals surface area contributed by atoms with E-state index in [1.807, 2.05) is 0 Å². The van der Waals surface area contributed by atoms with Gasteiger partial charge in [0.05, 0.1) is 0 Å². The quantitative estimate of drug-likeness (QED) is 0.592. The summed E-state index contributed by atoms with van der Waals surface area (Å²) < 4.78 is 0. The molecule has 1 heterocycles. The molecule has 1 heteroatoms. The van der Waals surface area contributed by atoms with Crippen LogP contribution in [0.15, 0.2) is 0 Å². The van der Waals surface area contributed by atoms with Gasteiger partial charge in [0.15, 0.2) is 0 Å². The Kier molecular flexibility index (Phi) is 2.94. The zero-order chi connectivity index (χ0) is 8.43. The molecule has 0 N–H and O–H groups in total. The number of likely N-dealkylation sites (tertiary alicyclic amines) is 1. The van der Waals surface area contributed by atoms with Crippen molar-refractivity contribution >= 4 is 0 Å². The summed E-state index contributed by atoms with van der Waals surface area (Å²) in [5.74, 6) is 0.900. The lowest BCUT2D eigenvalue weighted by Gasteiger charge is -2.23. The van der Waals surface area contributed by atoms with Crippen LogP contribution < -0.4 is 0 Å². The van der Waals surface area contributed by atoms with Gasteiger partial charge in [0.1, 0.15) is 0 Å². The van der Waals surface area contributed by atoms with E-state index in [1.54, 1.807) is 0 Å². The summed E-state index contributed by atoms with van der Waals surface area (Å²) >= 11 is 0. The topological polar surface area (TPSA) is 3.24 Å². The molecule has 0 spiro atoms. The van der Waals surface area contributed by atoms with Gasteiger partial charge in [-0.3, -0.25) is 0 Å². The highest BCUT2D eigenvalue weighted by Crippen LogP contribution is 2.29. The van der Waals surface area contributed by atoms with Gasteiger partial charge in [-0.05, 0) is 32.7 Å². The van der Waals surface area contributed by atoms with Gasteiger partial charge < -0.3 is 4.90 Å². The molecule has 11 heavy (non-hydrogen) atoms. The summed E-state index contributed by atoms with van der Waals surface area (Å²) in [4.78, 5) is 2.55. The lowest BCUT2D eigenvalue weighted by atomic mass is 10.0. The molecule has 1 unspecified atom stereocenters. The molecule has 0 radical (unpaired) electrons. The molecule has 1 nitrogen and oxygen atoms in total. The Labute approximate surface area is 70.8 Å². The minimum absolute atomic E-state index is 0.798. The predicted molar refractivity (Wildman–Crippen MR) is 49.7 cm³/mol. The molecule has 0 saturated carbocycles.